The van der Waals surface area contributed by atoms with Crippen LogP contribution in [0.4, 0.5) is 11.8 Å². The topological polar surface area (TPSA) is 125 Å². The lowest BCUT2D eigenvalue weighted by atomic mass is 9.84. The monoisotopic (exact) mass is 432 g/mol. The first-order valence-electron chi connectivity index (χ1n) is 10.5. The summed E-state index contributed by atoms with van der Waals surface area (Å²) < 4.78 is 0. The van der Waals surface area contributed by atoms with Crippen molar-refractivity contribution < 1.29 is 14.7 Å². The Morgan fingerprint density at radius 1 is 1.30 bits per heavy atom. The van der Waals surface area contributed by atoms with Gasteiger partial charge >= 0.3 is 5.97 Å². The first-order chi connectivity index (χ1) is 14.5. The van der Waals surface area contributed by atoms with Gasteiger partial charge in [0.05, 0.1) is 5.39 Å². The minimum absolute atomic E-state index is 0.0569. The van der Waals surface area contributed by atoms with Crippen LogP contribution >= 0.6 is 11.3 Å². The number of carboxylic acids is 1. The number of amides is 1. The molecule has 9 nitrogen and oxygen atoms in total. The molecule has 2 aromatic heterocycles. The average Bonchev–Trinajstić information content (AvgIpc) is 3.13. The van der Waals surface area contributed by atoms with Gasteiger partial charge in [-0.3, -0.25) is 4.79 Å². The Morgan fingerprint density at radius 2 is 2.03 bits per heavy atom. The third kappa shape index (κ3) is 4.06. The average molecular weight is 433 g/mol. The first kappa shape index (κ1) is 20.8. The van der Waals surface area contributed by atoms with Crippen molar-refractivity contribution in [3.8, 4) is 0 Å². The lowest BCUT2D eigenvalue weighted by Gasteiger charge is -2.38. The van der Waals surface area contributed by atoms with Crippen molar-refractivity contribution in [2.45, 2.75) is 38.6 Å². The number of carbonyl (C=O) groups excluding carboxylic acids is 1. The van der Waals surface area contributed by atoms with Gasteiger partial charge in [0.2, 0.25) is 11.9 Å². The molecule has 1 saturated heterocycles. The molecular formula is C20H28N6O3S. The molecule has 0 spiro atoms. The van der Waals surface area contributed by atoms with Crippen LogP contribution in [0.2, 0.25) is 0 Å². The highest BCUT2D eigenvalue weighted by atomic mass is 32.1. The van der Waals surface area contributed by atoms with Crippen LogP contribution in [0.15, 0.2) is 6.07 Å². The van der Waals surface area contributed by atoms with Gasteiger partial charge in [0, 0.05) is 43.5 Å². The summed E-state index contributed by atoms with van der Waals surface area (Å²) in [7, 11) is 0. The Labute approximate surface area is 179 Å². The predicted molar refractivity (Wildman–Crippen MR) is 117 cm³/mol. The number of nitrogens with zero attached hydrogens (tertiary/aromatic N) is 4. The van der Waals surface area contributed by atoms with E-state index in [9.17, 15) is 14.7 Å². The molecule has 0 unspecified atom stereocenters. The number of nitrogens with two attached hydrogens (primary N) is 1. The van der Waals surface area contributed by atoms with E-state index >= 15 is 0 Å². The van der Waals surface area contributed by atoms with Crippen molar-refractivity contribution in [3.05, 3.63) is 10.9 Å². The molecule has 4 rings (SSSR count). The fourth-order valence-corrected chi connectivity index (χ4v) is 4.83. The summed E-state index contributed by atoms with van der Waals surface area (Å²) in [5.41, 5.74) is 5.58. The van der Waals surface area contributed by atoms with Gasteiger partial charge in [0.15, 0.2) is 0 Å². The smallest absolute Gasteiger partial charge is 0.327 e. The molecule has 3 heterocycles. The van der Waals surface area contributed by atoms with E-state index < -0.39 is 12.0 Å². The van der Waals surface area contributed by atoms with E-state index in [1.807, 2.05) is 4.90 Å². The molecule has 2 aromatic rings. The number of hydrogen-bond donors (Lipinski definition) is 3. The number of anilines is 2. The van der Waals surface area contributed by atoms with E-state index in [1.165, 1.54) is 4.88 Å². The molecule has 2 fully saturated rings. The van der Waals surface area contributed by atoms with Crippen molar-refractivity contribution in [1.29, 1.82) is 0 Å². The Bertz CT molecular complexity index is 936. The van der Waals surface area contributed by atoms with Crippen LogP contribution in [-0.2, 0) is 16.0 Å². The van der Waals surface area contributed by atoms with Crippen molar-refractivity contribution in [1.82, 2.24) is 14.9 Å². The lowest BCUT2D eigenvalue weighted by molar-refractivity contribution is -0.139. The fraction of sp³-hybridized carbons (Fsp3) is 0.600. The van der Waals surface area contributed by atoms with Crippen molar-refractivity contribution in [2.75, 3.05) is 42.9 Å². The van der Waals surface area contributed by atoms with Crippen LogP contribution in [-0.4, -0.2) is 70.6 Å². The van der Waals surface area contributed by atoms with Crippen LogP contribution in [0.3, 0.4) is 0 Å². The number of piperazine rings is 1. The van der Waals surface area contributed by atoms with Gasteiger partial charge in [0.25, 0.3) is 0 Å². The third-order valence-electron chi connectivity index (χ3n) is 5.95. The number of rotatable bonds is 7. The molecule has 1 aliphatic heterocycles. The summed E-state index contributed by atoms with van der Waals surface area (Å²) in [6, 6.07) is 1.17. The number of hydrogen-bond acceptors (Lipinski definition) is 8. The normalized spacial score (nSPS) is 18.3. The van der Waals surface area contributed by atoms with Gasteiger partial charge in [0.1, 0.15) is 16.7 Å². The second-order valence-electron chi connectivity index (χ2n) is 7.87. The summed E-state index contributed by atoms with van der Waals surface area (Å²) in [5, 5.41) is 13.1. The molecule has 1 aliphatic carbocycles. The summed E-state index contributed by atoms with van der Waals surface area (Å²) in [4.78, 5) is 39.3. The number of fused-ring (bicyclic) bond motifs is 1. The zero-order valence-electron chi connectivity index (χ0n) is 17.1. The molecule has 0 aromatic carbocycles. The minimum Gasteiger partial charge on any atom is -0.480 e. The third-order valence-corrected chi connectivity index (χ3v) is 7.13. The van der Waals surface area contributed by atoms with Crippen molar-refractivity contribution in [3.63, 3.8) is 0 Å². The lowest BCUT2D eigenvalue weighted by Crippen LogP contribution is -2.51. The molecule has 1 amide bonds. The highest BCUT2D eigenvalue weighted by Crippen LogP contribution is 2.34. The Balaban J connectivity index is 1.58. The molecule has 0 radical (unpaired) electrons. The highest BCUT2D eigenvalue weighted by molar-refractivity contribution is 7.18. The standard InChI is InChI=1S/C20H28N6O3S/c1-2-13-10-14-16(23-20(24-17(14)30-13)22-15(11-21)19(28)29)25-6-8-26(9-7-25)18(27)12-4-3-5-12/h10,12,15H,2-9,11,21H2,1H3,(H,28,29)(H,22,23,24)/t15-/m1/s1. The quantitative estimate of drug-likeness (QED) is 0.602. The maximum atomic E-state index is 12.6. The van der Waals surface area contributed by atoms with Gasteiger partial charge in [-0.25, -0.2) is 9.78 Å². The van der Waals surface area contributed by atoms with E-state index in [4.69, 9.17) is 5.73 Å². The largest absolute Gasteiger partial charge is 0.480 e. The first-order valence-corrected chi connectivity index (χ1v) is 11.4. The van der Waals surface area contributed by atoms with Gasteiger partial charge < -0.3 is 26.0 Å². The maximum Gasteiger partial charge on any atom is 0.327 e. The molecular weight excluding hydrogens is 404 g/mol. The van der Waals surface area contributed by atoms with E-state index in [-0.39, 0.29) is 24.3 Å². The van der Waals surface area contributed by atoms with E-state index in [2.05, 4.69) is 33.2 Å². The number of aromatic nitrogens is 2. The number of aliphatic carboxylic acids is 1. The Hall–Kier alpha value is -2.46. The minimum atomic E-state index is -1.04. The summed E-state index contributed by atoms with van der Waals surface area (Å²) in [6.07, 6.45) is 4.08. The number of aryl methyl sites for hydroxylation is 1. The number of nitrogens with one attached hydrogen (secondary N) is 1. The van der Waals surface area contributed by atoms with Crippen LogP contribution in [0, 0.1) is 5.92 Å². The maximum absolute atomic E-state index is 12.6. The number of thiophene rings is 1. The predicted octanol–water partition coefficient (Wildman–Crippen LogP) is 1.53. The van der Waals surface area contributed by atoms with Crippen LogP contribution in [0.5, 0.6) is 0 Å². The molecule has 4 N–H and O–H groups in total. The fourth-order valence-electron chi connectivity index (χ4n) is 3.87. The van der Waals surface area contributed by atoms with Gasteiger partial charge in [-0.05, 0) is 25.3 Å². The SMILES string of the molecule is CCc1cc2c(N3CCN(C(=O)C4CCC4)CC3)nc(N[C@H](CN)C(=O)O)nc2s1. The van der Waals surface area contributed by atoms with Crippen LogP contribution in [0.1, 0.15) is 31.1 Å². The second kappa shape index (κ2) is 8.73. The van der Waals surface area contributed by atoms with Crippen LogP contribution in [0.25, 0.3) is 10.2 Å². The molecule has 162 valence electrons. The number of carbonyl (C=O) groups is 2. The molecule has 10 heteroatoms. The second-order valence-corrected chi connectivity index (χ2v) is 8.98. The Morgan fingerprint density at radius 3 is 2.60 bits per heavy atom. The summed E-state index contributed by atoms with van der Waals surface area (Å²) in [6.45, 7) is 4.78. The zero-order valence-corrected chi connectivity index (χ0v) is 18.0. The van der Waals surface area contributed by atoms with Gasteiger partial charge in [-0.1, -0.05) is 13.3 Å². The van der Waals surface area contributed by atoms with Gasteiger partial charge in [-0.2, -0.15) is 4.98 Å². The van der Waals surface area contributed by atoms with E-state index in [1.54, 1.807) is 11.3 Å². The van der Waals surface area contributed by atoms with E-state index in [0.717, 1.165) is 41.7 Å². The van der Waals surface area contributed by atoms with Crippen molar-refractivity contribution in [2.24, 2.45) is 11.7 Å². The number of carboxylic acid groups (broad SMARTS) is 1. The zero-order chi connectivity index (χ0) is 21.3. The molecule has 2 aliphatic rings. The van der Waals surface area contributed by atoms with Crippen molar-refractivity contribution >= 4 is 45.2 Å². The van der Waals surface area contributed by atoms with Crippen LogP contribution < -0.4 is 16.0 Å². The highest BCUT2D eigenvalue weighted by Gasteiger charge is 2.32. The molecule has 30 heavy (non-hydrogen) atoms. The molecule has 0 bridgehead atoms. The summed E-state index contributed by atoms with van der Waals surface area (Å²) in [5.74, 6) is 0.521. The molecule has 1 saturated carbocycles. The van der Waals surface area contributed by atoms with Gasteiger partial charge in [-0.15, -0.1) is 11.3 Å². The summed E-state index contributed by atoms with van der Waals surface area (Å²) >= 11 is 1.59. The van der Waals surface area contributed by atoms with E-state index in [0.29, 0.717) is 26.2 Å². The molecule has 1 atom stereocenters. The Kier molecular flexibility index (Phi) is 6.05.